The van der Waals surface area contributed by atoms with Crippen molar-refractivity contribution in [1.29, 1.82) is 0 Å². The molecular weight excluding hydrogens is 392 g/mol. The zero-order chi connectivity index (χ0) is 22.3. The van der Waals surface area contributed by atoms with Crippen LogP contribution in [0.1, 0.15) is 20.3 Å². The maximum Gasteiger partial charge on any atom is 0.261 e. The van der Waals surface area contributed by atoms with E-state index < -0.39 is 17.5 Å². The number of rotatable bonds is 10. The topological polar surface area (TPSA) is 132 Å². The van der Waals surface area contributed by atoms with Crippen molar-refractivity contribution < 1.29 is 24.2 Å². The van der Waals surface area contributed by atoms with E-state index in [0.717, 1.165) is 0 Å². The van der Waals surface area contributed by atoms with E-state index in [4.69, 9.17) is 14.6 Å². The summed E-state index contributed by atoms with van der Waals surface area (Å²) in [5.41, 5.74) is -0.00361. The minimum Gasteiger partial charge on any atom is -0.493 e. The third kappa shape index (κ3) is 5.26. The molecule has 164 valence electrons. The lowest BCUT2D eigenvalue weighted by molar-refractivity contribution is -0.130. The molecule has 0 saturated carbocycles. The molecule has 0 aliphatic heterocycles. The van der Waals surface area contributed by atoms with Crippen molar-refractivity contribution in [3.05, 3.63) is 28.8 Å². The van der Waals surface area contributed by atoms with Gasteiger partial charge in [0.2, 0.25) is 11.8 Å². The quantitative estimate of drug-likeness (QED) is 0.495. The standard InChI is InChI=1S/C20H28N4O6/c1-5-12(2)18(19(27)21-6-7-25)23-17(26)10-24-11-22-14-9-16(30-4)15(29-3)8-13(14)20(24)28/h8-9,11-12,18,25H,5-7,10H2,1-4H3,(H,21,27)(H,23,26)/t12-,18-/m0/s1. The maximum absolute atomic E-state index is 12.8. The highest BCUT2D eigenvalue weighted by Gasteiger charge is 2.25. The molecule has 2 rings (SSSR count). The fourth-order valence-electron chi connectivity index (χ4n) is 2.96. The van der Waals surface area contributed by atoms with Crippen LogP contribution in [0.25, 0.3) is 10.9 Å². The maximum atomic E-state index is 12.8. The van der Waals surface area contributed by atoms with Crippen molar-refractivity contribution in [2.45, 2.75) is 32.9 Å². The van der Waals surface area contributed by atoms with E-state index in [-0.39, 0.29) is 36.9 Å². The predicted molar refractivity (Wildman–Crippen MR) is 111 cm³/mol. The highest BCUT2D eigenvalue weighted by molar-refractivity contribution is 5.88. The van der Waals surface area contributed by atoms with Gasteiger partial charge in [0.15, 0.2) is 11.5 Å². The van der Waals surface area contributed by atoms with Gasteiger partial charge in [0.25, 0.3) is 5.56 Å². The van der Waals surface area contributed by atoms with Gasteiger partial charge >= 0.3 is 0 Å². The van der Waals surface area contributed by atoms with E-state index in [2.05, 4.69) is 15.6 Å². The highest BCUT2D eigenvalue weighted by Crippen LogP contribution is 2.29. The Kier molecular flexibility index (Phi) is 8.16. The van der Waals surface area contributed by atoms with Crippen molar-refractivity contribution >= 4 is 22.7 Å². The molecule has 2 atom stereocenters. The number of ether oxygens (including phenoxy) is 2. The first-order valence-corrected chi connectivity index (χ1v) is 9.65. The Balaban J connectivity index is 2.25. The third-order valence-electron chi connectivity index (χ3n) is 4.87. The molecule has 0 unspecified atom stereocenters. The van der Waals surface area contributed by atoms with E-state index in [1.165, 1.54) is 31.2 Å². The summed E-state index contributed by atoms with van der Waals surface area (Å²) in [6, 6.07) is 2.33. The Bertz CT molecular complexity index is 958. The molecule has 0 spiro atoms. The van der Waals surface area contributed by atoms with Gasteiger partial charge in [0.05, 0.1) is 38.1 Å². The molecule has 1 aromatic heterocycles. The normalized spacial score (nSPS) is 12.8. The average molecular weight is 420 g/mol. The smallest absolute Gasteiger partial charge is 0.261 e. The molecule has 0 saturated heterocycles. The number of nitrogens with one attached hydrogen (secondary N) is 2. The molecule has 0 aliphatic rings. The largest absolute Gasteiger partial charge is 0.493 e. The summed E-state index contributed by atoms with van der Waals surface area (Å²) in [7, 11) is 2.95. The van der Waals surface area contributed by atoms with Gasteiger partial charge in [-0.3, -0.25) is 19.0 Å². The number of nitrogens with zero attached hydrogens (tertiary/aromatic N) is 2. The number of hydrogen-bond acceptors (Lipinski definition) is 7. The van der Waals surface area contributed by atoms with Crippen molar-refractivity contribution in [3.8, 4) is 11.5 Å². The summed E-state index contributed by atoms with van der Waals surface area (Å²) in [4.78, 5) is 41.9. The molecule has 2 amide bonds. The zero-order valence-electron chi connectivity index (χ0n) is 17.6. The molecule has 0 radical (unpaired) electrons. The molecule has 30 heavy (non-hydrogen) atoms. The van der Waals surface area contributed by atoms with Crippen LogP contribution in [0.4, 0.5) is 0 Å². The van der Waals surface area contributed by atoms with E-state index in [0.29, 0.717) is 23.4 Å². The molecule has 0 aliphatic carbocycles. The number of fused-ring (bicyclic) bond motifs is 1. The van der Waals surface area contributed by atoms with Crippen LogP contribution in [-0.4, -0.2) is 59.9 Å². The summed E-state index contributed by atoms with van der Waals surface area (Å²) in [5, 5.41) is 14.4. The molecule has 10 heteroatoms. The van der Waals surface area contributed by atoms with Crippen molar-refractivity contribution in [2.24, 2.45) is 5.92 Å². The fraction of sp³-hybridized carbons (Fsp3) is 0.500. The molecule has 2 aromatic rings. The third-order valence-corrected chi connectivity index (χ3v) is 4.87. The van der Waals surface area contributed by atoms with Gasteiger partial charge in [0.1, 0.15) is 12.6 Å². The summed E-state index contributed by atoms with van der Waals surface area (Å²) in [6.45, 7) is 3.35. The van der Waals surface area contributed by atoms with E-state index in [1.54, 1.807) is 6.07 Å². The lowest BCUT2D eigenvalue weighted by Gasteiger charge is -2.23. The highest BCUT2D eigenvalue weighted by atomic mass is 16.5. The number of benzene rings is 1. The predicted octanol–water partition coefficient (Wildman–Crippen LogP) is 0.0531. The second kappa shape index (κ2) is 10.6. The number of aliphatic hydroxyl groups excluding tert-OH is 1. The van der Waals surface area contributed by atoms with E-state index in [1.807, 2.05) is 13.8 Å². The summed E-state index contributed by atoms with van der Waals surface area (Å²) in [6.07, 6.45) is 1.94. The van der Waals surface area contributed by atoms with Crippen LogP contribution in [0.5, 0.6) is 11.5 Å². The fourth-order valence-corrected chi connectivity index (χ4v) is 2.96. The Morgan fingerprint density at radius 2 is 1.90 bits per heavy atom. The SMILES string of the molecule is CC[C@H](C)[C@H](NC(=O)Cn1cnc2cc(OC)c(OC)cc2c1=O)C(=O)NCCO. The second-order valence-corrected chi connectivity index (χ2v) is 6.85. The Labute approximate surface area is 174 Å². The van der Waals surface area contributed by atoms with Gasteiger partial charge in [-0.05, 0) is 12.0 Å². The number of methoxy groups -OCH3 is 2. The first-order chi connectivity index (χ1) is 14.4. The van der Waals surface area contributed by atoms with Gasteiger partial charge in [-0.25, -0.2) is 4.98 Å². The number of carbonyl (C=O) groups excluding carboxylic acids is 2. The van der Waals surface area contributed by atoms with Gasteiger partial charge in [-0.15, -0.1) is 0 Å². The molecule has 0 fully saturated rings. The van der Waals surface area contributed by atoms with Crippen molar-refractivity contribution in [1.82, 2.24) is 20.2 Å². The van der Waals surface area contributed by atoms with E-state index in [9.17, 15) is 14.4 Å². The van der Waals surface area contributed by atoms with Gasteiger partial charge < -0.3 is 25.2 Å². The van der Waals surface area contributed by atoms with Gasteiger partial charge in [-0.2, -0.15) is 0 Å². The van der Waals surface area contributed by atoms with Crippen LogP contribution in [0.2, 0.25) is 0 Å². The molecular formula is C20H28N4O6. The van der Waals surface area contributed by atoms with Crippen LogP contribution < -0.4 is 25.7 Å². The van der Waals surface area contributed by atoms with Gasteiger partial charge in [-0.1, -0.05) is 20.3 Å². The Hall–Kier alpha value is -3.14. The first-order valence-electron chi connectivity index (χ1n) is 9.65. The molecule has 1 aromatic carbocycles. The number of aliphatic hydroxyl groups is 1. The number of hydrogen-bond donors (Lipinski definition) is 3. The Morgan fingerprint density at radius 3 is 2.50 bits per heavy atom. The molecule has 3 N–H and O–H groups in total. The lowest BCUT2D eigenvalue weighted by atomic mass is 9.98. The summed E-state index contributed by atoms with van der Waals surface area (Å²) >= 11 is 0. The average Bonchev–Trinajstić information content (AvgIpc) is 2.76. The molecule has 1 heterocycles. The van der Waals surface area contributed by atoms with Crippen LogP contribution in [-0.2, 0) is 16.1 Å². The second-order valence-electron chi connectivity index (χ2n) is 6.85. The Morgan fingerprint density at radius 1 is 1.23 bits per heavy atom. The summed E-state index contributed by atoms with van der Waals surface area (Å²) in [5.74, 6) is -0.187. The molecule has 10 nitrogen and oxygen atoms in total. The first kappa shape index (κ1) is 23.1. The van der Waals surface area contributed by atoms with Crippen LogP contribution in [0.15, 0.2) is 23.3 Å². The van der Waals surface area contributed by atoms with Crippen molar-refractivity contribution in [2.75, 3.05) is 27.4 Å². The monoisotopic (exact) mass is 420 g/mol. The lowest BCUT2D eigenvalue weighted by Crippen LogP contribution is -2.51. The summed E-state index contributed by atoms with van der Waals surface area (Å²) < 4.78 is 11.6. The number of amides is 2. The van der Waals surface area contributed by atoms with Gasteiger partial charge in [0, 0.05) is 12.6 Å². The van der Waals surface area contributed by atoms with Crippen LogP contribution >= 0.6 is 0 Å². The number of aromatic nitrogens is 2. The number of carbonyl (C=O) groups is 2. The van der Waals surface area contributed by atoms with E-state index >= 15 is 0 Å². The minimum atomic E-state index is -0.775. The molecule has 0 bridgehead atoms. The van der Waals surface area contributed by atoms with Crippen LogP contribution in [0.3, 0.4) is 0 Å². The minimum absolute atomic E-state index is 0.0982. The zero-order valence-corrected chi connectivity index (χ0v) is 17.6. The van der Waals surface area contributed by atoms with Crippen LogP contribution in [0, 0.1) is 5.92 Å². The van der Waals surface area contributed by atoms with Crippen molar-refractivity contribution in [3.63, 3.8) is 0 Å².